The Morgan fingerprint density at radius 1 is 1.35 bits per heavy atom. The second kappa shape index (κ2) is 6.79. The van der Waals surface area contributed by atoms with Crippen LogP contribution >= 0.6 is 0 Å². The number of phenols is 1. The van der Waals surface area contributed by atoms with Gasteiger partial charge in [-0.2, -0.15) is 0 Å². The summed E-state index contributed by atoms with van der Waals surface area (Å²) in [6.07, 6.45) is 0.344. The molecule has 0 radical (unpaired) electrons. The molecule has 0 saturated heterocycles. The van der Waals surface area contributed by atoms with Crippen molar-refractivity contribution in [2.45, 2.75) is 26.3 Å². The van der Waals surface area contributed by atoms with E-state index in [1.54, 1.807) is 0 Å². The van der Waals surface area contributed by atoms with Crippen LogP contribution in [0.2, 0.25) is 0 Å². The van der Waals surface area contributed by atoms with Crippen molar-refractivity contribution in [3.8, 4) is 11.5 Å². The second-order valence-electron chi connectivity index (χ2n) is 4.88. The van der Waals surface area contributed by atoms with Crippen molar-refractivity contribution in [2.75, 3.05) is 7.11 Å². The van der Waals surface area contributed by atoms with Gasteiger partial charge < -0.3 is 20.3 Å². The quantitative estimate of drug-likeness (QED) is 0.736. The van der Waals surface area contributed by atoms with E-state index in [0.717, 1.165) is 0 Å². The predicted octanol–water partition coefficient (Wildman–Crippen LogP) is 1.63. The Labute approximate surface area is 117 Å². The Morgan fingerprint density at radius 2 is 2.00 bits per heavy atom. The molecular weight excluding hydrogens is 262 g/mol. The number of carbonyl (C=O) groups is 2. The summed E-state index contributed by atoms with van der Waals surface area (Å²) >= 11 is 0. The molecule has 6 nitrogen and oxygen atoms in total. The maximum atomic E-state index is 12.0. The highest BCUT2D eigenvalue weighted by Crippen LogP contribution is 2.26. The van der Waals surface area contributed by atoms with Crippen LogP contribution in [-0.4, -0.2) is 35.2 Å². The first-order valence-electron chi connectivity index (χ1n) is 6.25. The van der Waals surface area contributed by atoms with Gasteiger partial charge in [0.2, 0.25) is 0 Å². The molecule has 0 fully saturated rings. The summed E-state index contributed by atoms with van der Waals surface area (Å²) in [5.41, 5.74) is 0.231. The van der Waals surface area contributed by atoms with Gasteiger partial charge in [0, 0.05) is 5.56 Å². The minimum atomic E-state index is -1.07. The third kappa shape index (κ3) is 4.15. The zero-order chi connectivity index (χ0) is 15.3. The largest absolute Gasteiger partial charge is 0.504 e. The van der Waals surface area contributed by atoms with Crippen molar-refractivity contribution in [2.24, 2.45) is 5.92 Å². The highest BCUT2D eigenvalue weighted by Gasteiger charge is 2.22. The number of rotatable bonds is 6. The van der Waals surface area contributed by atoms with Crippen LogP contribution in [0, 0.1) is 5.92 Å². The summed E-state index contributed by atoms with van der Waals surface area (Å²) < 4.78 is 4.91. The standard InChI is InChI=1S/C14H19NO5/c1-8(2)6-10(14(18)19)15-13(17)9-4-5-11(16)12(7-9)20-3/h4-5,7-8,10,16H,6H2,1-3H3,(H,15,17)(H,18,19)/t10-/m0/s1. The number of aliphatic carboxylic acids is 1. The number of carboxylic acids is 1. The van der Waals surface area contributed by atoms with Crippen molar-refractivity contribution in [1.82, 2.24) is 5.32 Å². The highest BCUT2D eigenvalue weighted by atomic mass is 16.5. The van der Waals surface area contributed by atoms with Crippen LogP contribution in [-0.2, 0) is 4.79 Å². The first kappa shape index (κ1) is 15.8. The van der Waals surface area contributed by atoms with E-state index in [4.69, 9.17) is 9.84 Å². The molecule has 0 bridgehead atoms. The lowest BCUT2D eigenvalue weighted by Gasteiger charge is -2.16. The minimum Gasteiger partial charge on any atom is -0.504 e. The van der Waals surface area contributed by atoms with E-state index in [0.29, 0.717) is 6.42 Å². The van der Waals surface area contributed by atoms with Crippen LogP contribution in [0.5, 0.6) is 11.5 Å². The van der Waals surface area contributed by atoms with Crippen LogP contribution < -0.4 is 10.1 Å². The smallest absolute Gasteiger partial charge is 0.326 e. The van der Waals surface area contributed by atoms with Gasteiger partial charge in [-0.15, -0.1) is 0 Å². The molecule has 1 amide bonds. The molecule has 1 aromatic carbocycles. The van der Waals surface area contributed by atoms with Gasteiger partial charge in [-0.1, -0.05) is 13.8 Å². The van der Waals surface area contributed by atoms with Gasteiger partial charge in [-0.25, -0.2) is 4.79 Å². The Balaban J connectivity index is 2.86. The van der Waals surface area contributed by atoms with E-state index < -0.39 is 17.9 Å². The number of amides is 1. The number of hydrogen-bond donors (Lipinski definition) is 3. The molecule has 1 atom stereocenters. The maximum absolute atomic E-state index is 12.0. The van der Waals surface area contributed by atoms with Crippen molar-refractivity contribution < 1.29 is 24.5 Å². The third-order valence-electron chi connectivity index (χ3n) is 2.75. The first-order valence-corrected chi connectivity index (χ1v) is 6.25. The average molecular weight is 281 g/mol. The lowest BCUT2D eigenvalue weighted by atomic mass is 10.0. The number of phenolic OH excluding ortho intramolecular Hbond substituents is 1. The average Bonchev–Trinajstić information content (AvgIpc) is 2.37. The summed E-state index contributed by atoms with van der Waals surface area (Å²) in [6, 6.07) is 3.15. The Bertz CT molecular complexity index is 498. The summed E-state index contributed by atoms with van der Waals surface area (Å²) in [5, 5.41) is 21.0. The number of carbonyl (C=O) groups excluding carboxylic acids is 1. The minimum absolute atomic E-state index is 0.0824. The molecule has 0 aliphatic carbocycles. The van der Waals surface area contributed by atoms with Crippen LogP contribution in [0.15, 0.2) is 18.2 Å². The van der Waals surface area contributed by atoms with Gasteiger partial charge >= 0.3 is 5.97 Å². The molecule has 1 rings (SSSR count). The highest BCUT2D eigenvalue weighted by molar-refractivity contribution is 5.97. The number of carboxylic acid groups (broad SMARTS) is 1. The van der Waals surface area contributed by atoms with E-state index in [1.807, 2.05) is 13.8 Å². The third-order valence-corrected chi connectivity index (χ3v) is 2.75. The van der Waals surface area contributed by atoms with E-state index in [2.05, 4.69) is 5.32 Å². The summed E-state index contributed by atoms with van der Waals surface area (Å²) in [6.45, 7) is 3.76. The van der Waals surface area contributed by atoms with Gasteiger partial charge in [-0.05, 0) is 30.5 Å². The van der Waals surface area contributed by atoms with Crippen molar-refractivity contribution in [1.29, 1.82) is 0 Å². The second-order valence-corrected chi connectivity index (χ2v) is 4.88. The van der Waals surface area contributed by atoms with Crippen LogP contribution in [0.4, 0.5) is 0 Å². The zero-order valence-corrected chi connectivity index (χ0v) is 11.7. The van der Waals surface area contributed by atoms with Gasteiger partial charge in [0.25, 0.3) is 5.91 Å². The molecule has 0 saturated carbocycles. The molecule has 110 valence electrons. The van der Waals surface area contributed by atoms with E-state index in [-0.39, 0.29) is 23.0 Å². The Hall–Kier alpha value is -2.24. The summed E-state index contributed by atoms with van der Waals surface area (Å²) in [5.74, 6) is -1.37. The molecule has 20 heavy (non-hydrogen) atoms. The van der Waals surface area contributed by atoms with Crippen molar-refractivity contribution in [3.05, 3.63) is 23.8 Å². The zero-order valence-electron chi connectivity index (χ0n) is 11.7. The Kier molecular flexibility index (Phi) is 5.37. The topological polar surface area (TPSA) is 95.9 Å². The van der Waals surface area contributed by atoms with Gasteiger partial charge in [-0.3, -0.25) is 4.79 Å². The molecule has 3 N–H and O–H groups in total. The fourth-order valence-corrected chi connectivity index (χ4v) is 1.75. The molecule has 6 heteroatoms. The predicted molar refractivity (Wildman–Crippen MR) is 73.0 cm³/mol. The normalized spacial score (nSPS) is 12.0. The first-order chi connectivity index (χ1) is 9.35. The van der Waals surface area contributed by atoms with Gasteiger partial charge in [0.05, 0.1) is 7.11 Å². The molecule has 0 aliphatic heterocycles. The maximum Gasteiger partial charge on any atom is 0.326 e. The Morgan fingerprint density at radius 3 is 2.50 bits per heavy atom. The van der Waals surface area contributed by atoms with Crippen molar-refractivity contribution in [3.63, 3.8) is 0 Å². The fraction of sp³-hybridized carbons (Fsp3) is 0.429. The molecular formula is C14H19NO5. The number of aromatic hydroxyl groups is 1. The van der Waals surface area contributed by atoms with Crippen LogP contribution in [0.1, 0.15) is 30.6 Å². The van der Waals surface area contributed by atoms with E-state index in [1.165, 1.54) is 25.3 Å². The number of ether oxygens (including phenoxy) is 1. The van der Waals surface area contributed by atoms with Gasteiger partial charge in [0.15, 0.2) is 11.5 Å². The van der Waals surface area contributed by atoms with E-state index >= 15 is 0 Å². The molecule has 0 unspecified atom stereocenters. The fourth-order valence-electron chi connectivity index (χ4n) is 1.75. The molecule has 1 aromatic rings. The van der Waals surface area contributed by atoms with E-state index in [9.17, 15) is 14.7 Å². The number of nitrogens with one attached hydrogen (secondary N) is 1. The summed E-state index contributed by atoms with van der Waals surface area (Å²) in [4.78, 5) is 23.1. The number of benzene rings is 1. The van der Waals surface area contributed by atoms with Crippen LogP contribution in [0.3, 0.4) is 0 Å². The monoisotopic (exact) mass is 281 g/mol. The van der Waals surface area contributed by atoms with Crippen molar-refractivity contribution >= 4 is 11.9 Å². The van der Waals surface area contributed by atoms with Crippen LogP contribution in [0.25, 0.3) is 0 Å². The number of methoxy groups -OCH3 is 1. The SMILES string of the molecule is COc1cc(C(=O)N[C@@H](CC(C)C)C(=O)O)ccc1O. The lowest BCUT2D eigenvalue weighted by Crippen LogP contribution is -2.41. The lowest BCUT2D eigenvalue weighted by molar-refractivity contribution is -0.139. The molecule has 0 heterocycles. The van der Waals surface area contributed by atoms with Gasteiger partial charge in [0.1, 0.15) is 6.04 Å². The molecule has 0 spiro atoms. The molecule has 0 aliphatic rings. The number of hydrogen-bond acceptors (Lipinski definition) is 4. The molecule has 0 aromatic heterocycles. The summed E-state index contributed by atoms with van der Waals surface area (Å²) in [7, 11) is 1.37.